The number of likely N-dealkylation sites (N-methyl/N-ethyl adjacent to an activating group) is 1. The highest BCUT2D eigenvalue weighted by Gasteiger charge is 2.21. The molecule has 6 heteroatoms. The third-order valence-electron chi connectivity index (χ3n) is 5.47. The number of nitrogens with zero attached hydrogens (tertiary/aromatic N) is 2. The summed E-state index contributed by atoms with van der Waals surface area (Å²) in [5.41, 5.74) is 2.47. The van der Waals surface area contributed by atoms with E-state index in [9.17, 15) is 14.7 Å². The highest BCUT2D eigenvalue weighted by molar-refractivity contribution is 6.33. The van der Waals surface area contributed by atoms with Gasteiger partial charge in [0.05, 0.1) is 5.56 Å². The lowest BCUT2D eigenvalue weighted by atomic mass is 9.97. The molecule has 1 saturated heterocycles. The van der Waals surface area contributed by atoms with Gasteiger partial charge in [0.1, 0.15) is 5.75 Å². The van der Waals surface area contributed by atoms with Gasteiger partial charge in [0, 0.05) is 42.3 Å². The molecule has 1 N–H and O–H groups in total. The molecule has 0 saturated carbocycles. The molecular formula is C23H21ClN2O3. The second-order valence-corrected chi connectivity index (χ2v) is 7.75. The lowest BCUT2D eigenvalue weighted by Gasteiger charge is -2.32. The Morgan fingerprint density at radius 3 is 2.52 bits per heavy atom. The largest absolute Gasteiger partial charge is 0.507 e. The minimum Gasteiger partial charge on any atom is -0.507 e. The second kappa shape index (κ2) is 7.85. The number of carbonyl (C=O) groups excluding carboxylic acids is 2. The fourth-order valence-corrected chi connectivity index (χ4v) is 3.93. The van der Waals surface area contributed by atoms with Gasteiger partial charge in [-0.15, -0.1) is 0 Å². The van der Waals surface area contributed by atoms with E-state index in [4.69, 9.17) is 11.6 Å². The van der Waals surface area contributed by atoms with Gasteiger partial charge in [0.2, 0.25) is 0 Å². The standard InChI is InChI=1S/C23H21ClN2O3/c1-25-8-10-26(11-9-25)23(29)17-3-6-21(24)19(13-17)16-2-5-18-15(12-16)4-7-22(28)20(18)14-27/h2-7,12-14,28H,8-11H2,1H3. The highest BCUT2D eigenvalue weighted by atomic mass is 35.5. The van der Waals surface area contributed by atoms with Gasteiger partial charge < -0.3 is 14.9 Å². The van der Waals surface area contributed by atoms with E-state index in [2.05, 4.69) is 11.9 Å². The van der Waals surface area contributed by atoms with Crippen molar-refractivity contribution in [1.82, 2.24) is 9.80 Å². The zero-order chi connectivity index (χ0) is 20.5. The van der Waals surface area contributed by atoms with Gasteiger partial charge in [-0.05, 0) is 53.7 Å². The highest BCUT2D eigenvalue weighted by Crippen LogP contribution is 2.34. The number of rotatable bonds is 3. The molecule has 0 unspecified atom stereocenters. The number of benzene rings is 3. The van der Waals surface area contributed by atoms with E-state index in [1.54, 1.807) is 24.3 Å². The van der Waals surface area contributed by atoms with Gasteiger partial charge in [-0.3, -0.25) is 9.59 Å². The van der Waals surface area contributed by atoms with Crippen LogP contribution in [-0.4, -0.2) is 60.3 Å². The number of phenolic OH excluding ortho intramolecular Hbond substituents is 1. The number of hydrogen-bond acceptors (Lipinski definition) is 4. The smallest absolute Gasteiger partial charge is 0.253 e. The Morgan fingerprint density at radius 1 is 1.03 bits per heavy atom. The maximum absolute atomic E-state index is 12.9. The lowest BCUT2D eigenvalue weighted by Crippen LogP contribution is -2.47. The van der Waals surface area contributed by atoms with Gasteiger partial charge in [-0.25, -0.2) is 0 Å². The van der Waals surface area contributed by atoms with Crippen LogP contribution >= 0.6 is 11.6 Å². The molecule has 3 aromatic rings. The molecule has 3 aromatic carbocycles. The van der Waals surface area contributed by atoms with Crippen molar-refractivity contribution in [3.8, 4) is 16.9 Å². The maximum Gasteiger partial charge on any atom is 0.253 e. The van der Waals surface area contributed by atoms with Gasteiger partial charge in [0.15, 0.2) is 6.29 Å². The summed E-state index contributed by atoms with van der Waals surface area (Å²) < 4.78 is 0. The predicted molar refractivity (Wildman–Crippen MR) is 115 cm³/mol. The molecular weight excluding hydrogens is 388 g/mol. The first kappa shape index (κ1) is 19.4. The second-order valence-electron chi connectivity index (χ2n) is 7.34. The molecule has 148 valence electrons. The van der Waals surface area contributed by atoms with Crippen LogP contribution in [0.5, 0.6) is 5.75 Å². The minimum atomic E-state index is -0.0435. The molecule has 5 nitrogen and oxygen atoms in total. The van der Waals surface area contributed by atoms with Crippen molar-refractivity contribution in [3.05, 3.63) is 64.7 Å². The Morgan fingerprint density at radius 2 is 1.79 bits per heavy atom. The molecule has 0 aromatic heterocycles. The molecule has 1 heterocycles. The van der Waals surface area contributed by atoms with Crippen LogP contribution < -0.4 is 0 Å². The van der Waals surface area contributed by atoms with Crippen molar-refractivity contribution in [2.24, 2.45) is 0 Å². The van der Waals surface area contributed by atoms with Gasteiger partial charge in [-0.2, -0.15) is 0 Å². The summed E-state index contributed by atoms with van der Waals surface area (Å²) in [7, 11) is 2.05. The summed E-state index contributed by atoms with van der Waals surface area (Å²) >= 11 is 6.45. The van der Waals surface area contributed by atoms with Crippen molar-refractivity contribution in [3.63, 3.8) is 0 Å². The van der Waals surface area contributed by atoms with Gasteiger partial charge >= 0.3 is 0 Å². The molecule has 0 radical (unpaired) electrons. The van der Waals surface area contributed by atoms with E-state index >= 15 is 0 Å². The van der Waals surface area contributed by atoms with Crippen LogP contribution in [0.3, 0.4) is 0 Å². The monoisotopic (exact) mass is 408 g/mol. The fraction of sp³-hybridized carbons (Fsp3) is 0.217. The first-order chi connectivity index (χ1) is 14.0. The Hall–Kier alpha value is -2.89. The van der Waals surface area contributed by atoms with Crippen LogP contribution in [0.1, 0.15) is 20.7 Å². The third-order valence-corrected chi connectivity index (χ3v) is 5.80. The number of aromatic hydroxyl groups is 1. The maximum atomic E-state index is 12.9. The normalized spacial score (nSPS) is 14.9. The van der Waals surface area contributed by atoms with Gasteiger partial charge in [0.25, 0.3) is 5.91 Å². The van der Waals surface area contributed by atoms with Crippen molar-refractivity contribution in [1.29, 1.82) is 0 Å². The average molecular weight is 409 g/mol. The Labute approximate surface area is 174 Å². The van der Waals surface area contributed by atoms with E-state index in [-0.39, 0.29) is 17.2 Å². The molecule has 4 rings (SSSR count). The summed E-state index contributed by atoms with van der Waals surface area (Å²) in [6.45, 7) is 3.15. The first-order valence-corrected chi connectivity index (χ1v) is 9.84. The Balaban J connectivity index is 1.71. The van der Waals surface area contributed by atoms with Crippen LogP contribution in [0.25, 0.3) is 21.9 Å². The van der Waals surface area contributed by atoms with Gasteiger partial charge in [-0.1, -0.05) is 29.8 Å². The summed E-state index contributed by atoms with van der Waals surface area (Å²) in [5.74, 6) is -0.0389. The third kappa shape index (κ3) is 3.71. The number of phenols is 1. The number of amides is 1. The average Bonchev–Trinajstić information content (AvgIpc) is 2.74. The van der Waals surface area contributed by atoms with E-state index in [0.29, 0.717) is 35.3 Å². The number of aldehydes is 1. The quantitative estimate of drug-likeness (QED) is 0.664. The first-order valence-electron chi connectivity index (χ1n) is 9.46. The number of piperazine rings is 1. The Bertz CT molecular complexity index is 1100. The molecule has 29 heavy (non-hydrogen) atoms. The van der Waals surface area contributed by atoms with Crippen molar-refractivity contribution < 1.29 is 14.7 Å². The van der Waals surface area contributed by atoms with Crippen LogP contribution in [0, 0.1) is 0 Å². The zero-order valence-electron chi connectivity index (χ0n) is 16.1. The molecule has 0 spiro atoms. The minimum absolute atomic E-state index is 0.00460. The molecule has 0 bridgehead atoms. The number of fused-ring (bicyclic) bond motifs is 1. The molecule has 1 aliphatic rings. The topological polar surface area (TPSA) is 60.9 Å². The molecule has 1 aliphatic heterocycles. The van der Waals surface area contributed by atoms with E-state index in [1.165, 1.54) is 6.07 Å². The lowest BCUT2D eigenvalue weighted by molar-refractivity contribution is 0.0664. The number of carbonyl (C=O) groups is 2. The van der Waals surface area contributed by atoms with Crippen molar-refractivity contribution >= 4 is 34.6 Å². The van der Waals surface area contributed by atoms with E-state index < -0.39 is 0 Å². The van der Waals surface area contributed by atoms with E-state index in [1.807, 2.05) is 23.1 Å². The summed E-state index contributed by atoms with van der Waals surface area (Å²) in [6.07, 6.45) is 0.652. The number of halogens is 1. The van der Waals surface area contributed by atoms with Crippen LogP contribution in [-0.2, 0) is 0 Å². The molecule has 1 amide bonds. The Kier molecular flexibility index (Phi) is 5.26. The SMILES string of the molecule is CN1CCN(C(=O)c2ccc(Cl)c(-c3ccc4c(C=O)c(O)ccc4c3)c2)CC1. The molecule has 0 atom stereocenters. The summed E-state index contributed by atoms with van der Waals surface area (Å²) in [4.78, 5) is 28.3. The van der Waals surface area contributed by atoms with Crippen LogP contribution in [0.4, 0.5) is 0 Å². The van der Waals surface area contributed by atoms with E-state index in [0.717, 1.165) is 29.6 Å². The zero-order valence-corrected chi connectivity index (χ0v) is 16.8. The van der Waals surface area contributed by atoms with Crippen molar-refractivity contribution in [2.75, 3.05) is 33.2 Å². The summed E-state index contributed by atoms with van der Waals surface area (Å²) in [6, 6.07) is 14.1. The van der Waals surface area contributed by atoms with Crippen molar-refractivity contribution in [2.45, 2.75) is 0 Å². The number of hydrogen-bond donors (Lipinski definition) is 1. The summed E-state index contributed by atoms with van der Waals surface area (Å²) in [5, 5.41) is 11.9. The van der Waals surface area contributed by atoms with Crippen LogP contribution in [0.15, 0.2) is 48.5 Å². The fourth-order valence-electron chi connectivity index (χ4n) is 3.71. The molecule has 0 aliphatic carbocycles. The predicted octanol–water partition coefficient (Wildman–Crippen LogP) is 4.07. The van der Waals surface area contributed by atoms with Crippen LogP contribution in [0.2, 0.25) is 5.02 Å². The molecule has 1 fully saturated rings.